The molecule has 0 heterocycles. The van der Waals surface area contributed by atoms with Gasteiger partial charge in [0.1, 0.15) is 0 Å². The Balaban J connectivity index is 4.56. The van der Waals surface area contributed by atoms with Gasteiger partial charge in [0.25, 0.3) is 0 Å². The van der Waals surface area contributed by atoms with Crippen molar-refractivity contribution >= 4 is 0 Å². The molecule has 0 fully saturated rings. The fraction of sp³-hybridized carbons (Fsp3) is 0.727. The molecule has 65 valence electrons. The molecule has 0 aromatic carbocycles. The Hall–Kier alpha value is -0.260. The van der Waals surface area contributed by atoms with Crippen LogP contribution in [0.4, 0.5) is 0 Å². The molecule has 1 radical (unpaired) electrons. The molecule has 0 atom stereocenters. The van der Waals surface area contributed by atoms with Crippen molar-refractivity contribution in [2.24, 2.45) is 10.8 Å². The van der Waals surface area contributed by atoms with Gasteiger partial charge in [-0.3, -0.25) is 0 Å². The average Bonchev–Trinajstić information content (AvgIpc) is 1.56. The Kier molecular flexibility index (Phi) is 2.93. The first-order valence-corrected chi connectivity index (χ1v) is 4.20. The van der Waals surface area contributed by atoms with E-state index in [1.54, 1.807) is 0 Å². The summed E-state index contributed by atoms with van der Waals surface area (Å²) in [4.78, 5) is 0. The summed E-state index contributed by atoms with van der Waals surface area (Å²) in [7, 11) is 0. The normalized spacial score (nSPS) is 13.7. The van der Waals surface area contributed by atoms with Crippen LogP contribution < -0.4 is 0 Å². The van der Waals surface area contributed by atoms with E-state index in [1.807, 2.05) is 6.08 Å². The summed E-state index contributed by atoms with van der Waals surface area (Å²) in [6.07, 6.45) is 2.00. The first-order valence-electron chi connectivity index (χ1n) is 4.20. The smallest absolute Gasteiger partial charge is 0.00769 e. The summed E-state index contributed by atoms with van der Waals surface area (Å²) in [6.45, 7) is 17.2. The Morgan fingerprint density at radius 1 is 0.909 bits per heavy atom. The molecule has 0 aromatic heterocycles. The van der Waals surface area contributed by atoms with Gasteiger partial charge in [0.05, 0.1) is 0 Å². The zero-order valence-electron chi connectivity index (χ0n) is 8.78. The molecule has 0 rings (SSSR count). The van der Waals surface area contributed by atoms with Gasteiger partial charge in [-0.2, -0.15) is 0 Å². The van der Waals surface area contributed by atoms with Crippen molar-refractivity contribution < 1.29 is 0 Å². The maximum absolute atomic E-state index is 3.86. The molecule has 0 aromatic rings. The molecule has 0 N–H and O–H groups in total. The molecule has 0 nitrogen and oxygen atoms in total. The molecule has 0 aliphatic heterocycles. The van der Waals surface area contributed by atoms with Crippen LogP contribution in [-0.2, 0) is 0 Å². The zero-order valence-corrected chi connectivity index (χ0v) is 8.78. The van der Waals surface area contributed by atoms with E-state index in [0.29, 0.717) is 0 Å². The maximum Gasteiger partial charge on any atom is 0.00769 e. The molecule has 0 spiro atoms. The highest BCUT2D eigenvalue weighted by atomic mass is 14.4. The molecule has 0 unspecified atom stereocenters. The Labute approximate surface area is 71.7 Å². The standard InChI is InChI=1S/C11H21/c1-8-9(10(2,3)4)11(5,6)7/h8H,1H2,2-7H3. The number of hydrogen-bond donors (Lipinski definition) is 0. The molecule has 0 aliphatic carbocycles. The van der Waals surface area contributed by atoms with E-state index in [0.717, 1.165) is 0 Å². The van der Waals surface area contributed by atoms with Gasteiger partial charge >= 0.3 is 0 Å². The molecule has 11 heavy (non-hydrogen) atoms. The van der Waals surface area contributed by atoms with Crippen LogP contribution in [0.5, 0.6) is 0 Å². The van der Waals surface area contributed by atoms with Gasteiger partial charge in [-0.05, 0) is 10.8 Å². The SMILES string of the molecule is C=C[C](C(C)(C)C)C(C)(C)C. The van der Waals surface area contributed by atoms with Gasteiger partial charge in [0.2, 0.25) is 0 Å². The Morgan fingerprint density at radius 3 is 1.18 bits per heavy atom. The second-order valence-corrected chi connectivity index (χ2v) is 5.12. The highest BCUT2D eigenvalue weighted by molar-refractivity contribution is 5.19. The van der Waals surface area contributed by atoms with Crippen LogP contribution in [0.25, 0.3) is 0 Å². The summed E-state index contributed by atoms with van der Waals surface area (Å²) >= 11 is 0. The molecular formula is C11H21. The third-order valence-corrected chi connectivity index (χ3v) is 1.82. The van der Waals surface area contributed by atoms with Crippen molar-refractivity contribution in [1.82, 2.24) is 0 Å². The third-order valence-electron chi connectivity index (χ3n) is 1.82. The van der Waals surface area contributed by atoms with Gasteiger partial charge in [-0.1, -0.05) is 47.6 Å². The van der Waals surface area contributed by atoms with Crippen molar-refractivity contribution in [3.05, 3.63) is 18.6 Å². The van der Waals surface area contributed by atoms with Gasteiger partial charge < -0.3 is 0 Å². The van der Waals surface area contributed by atoms with Crippen molar-refractivity contribution in [2.45, 2.75) is 41.5 Å². The molecule has 0 heteroatoms. The lowest BCUT2D eigenvalue weighted by atomic mass is 9.67. The first kappa shape index (κ1) is 10.7. The van der Waals surface area contributed by atoms with E-state index in [4.69, 9.17) is 0 Å². The van der Waals surface area contributed by atoms with Crippen LogP contribution in [-0.4, -0.2) is 0 Å². The summed E-state index contributed by atoms with van der Waals surface area (Å²) in [5, 5.41) is 0. The minimum absolute atomic E-state index is 0.250. The van der Waals surface area contributed by atoms with E-state index in [9.17, 15) is 0 Å². The lowest BCUT2D eigenvalue weighted by Gasteiger charge is -2.37. The second-order valence-electron chi connectivity index (χ2n) is 5.12. The predicted octanol–water partition coefficient (Wildman–Crippen LogP) is 3.84. The van der Waals surface area contributed by atoms with Crippen LogP contribution in [0.15, 0.2) is 12.7 Å². The van der Waals surface area contributed by atoms with E-state index < -0.39 is 0 Å². The monoisotopic (exact) mass is 153 g/mol. The number of allylic oxidation sites excluding steroid dienone is 1. The quantitative estimate of drug-likeness (QED) is 0.537. The minimum Gasteiger partial charge on any atom is -0.102 e. The van der Waals surface area contributed by atoms with Crippen LogP contribution in [0.1, 0.15) is 41.5 Å². The van der Waals surface area contributed by atoms with Gasteiger partial charge in [-0.15, -0.1) is 6.58 Å². The van der Waals surface area contributed by atoms with Crippen molar-refractivity contribution in [1.29, 1.82) is 0 Å². The third kappa shape index (κ3) is 3.09. The summed E-state index contributed by atoms with van der Waals surface area (Å²) in [6, 6.07) is 0. The zero-order chi connectivity index (χ0) is 9.28. The lowest BCUT2D eigenvalue weighted by molar-refractivity contribution is 0.305. The van der Waals surface area contributed by atoms with Crippen LogP contribution in [0, 0.1) is 16.7 Å². The largest absolute Gasteiger partial charge is 0.102 e. The average molecular weight is 153 g/mol. The highest BCUT2D eigenvalue weighted by Gasteiger charge is 2.32. The number of hydrogen-bond acceptors (Lipinski definition) is 0. The van der Waals surface area contributed by atoms with Gasteiger partial charge in [0, 0.05) is 5.92 Å². The fourth-order valence-corrected chi connectivity index (χ4v) is 1.74. The first-order chi connectivity index (χ1) is 4.69. The molecule has 0 saturated carbocycles. The van der Waals surface area contributed by atoms with Gasteiger partial charge in [-0.25, -0.2) is 0 Å². The molecule has 0 amide bonds. The van der Waals surface area contributed by atoms with E-state index in [-0.39, 0.29) is 10.8 Å². The van der Waals surface area contributed by atoms with E-state index in [2.05, 4.69) is 48.1 Å². The molecular weight excluding hydrogens is 132 g/mol. The fourth-order valence-electron chi connectivity index (χ4n) is 1.74. The molecule has 0 saturated heterocycles. The van der Waals surface area contributed by atoms with Crippen LogP contribution in [0.2, 0.25) is 0 Å². The highest BCUT2D eigenvalue weighted by Crippen LogP contribution is 2.42. The second kappa shape index (κ2) is 3.00. The van der Waals surface area contributed by atoms with Crippen molar-refractivity contribution in [2.75, 3.05) is 0 Å². The van der Waals surface area contributed by atoms with Gasteiger partial charge in [0.15, 0.2) is 0 Å². The number of rotatable bonds is 1. The maximum atomic E-state index is 3.86. The van der Waals surface area contributed by atoms with E-state index in [1.165, 1.54) is 5.92 Å². The topological polar surface area (TPSA) is 0 Å². The van der Waals surface area contributed by atoms with E-state index >= 15 is 0 Å². The summed E-state index contributed by atoms with van der Waals surface area (Å²) in [5.41, 5.74) is 0.500. The Bertz CT molecular complexity index is 115. The minimum atomic E-state index is 0.250. The summed E-state index contributed by atoms with van der Waals surface area (Å²) in [5.74, 6) is 1.42. The lowest BCUT2D eigenvalue weighted by Crippen LogP contribution is -2.28. The molecule has 0 bridgehead atoms. The van der Waals surface area contributed by atoms with Crippen LogP contribution in [0.3, 0.4) is 0 Å². The van der Waals surface area contributed by atoms with Crippen molar-refractivity contribution in [3.63, 3.8) is 0 Å². The van der Waals surface area contributed by atoms with Crippen LogP contribution >= 0.6 is 0 Å². The molecule has 0 aliphatic rings. The predicted molar refractivity (Wildman–Crippen MR) is 52.4 cm³/mol. The Morgan fingerprint density at radius 2 is 1.18 bits per heavy atom. The van der Waals surface area contributed by atoms with Crippen molar-refractivity contribution in [3.8, 4) is 0 Å². The summed E-state index contributed by atoms with van der Waals surface area (Å²) < 4.78 is 0.